The molecule has 0 spiro atoms. The van der Waals surface area contributed by atoms with Gasteiger partial charge in [0, 0.05) is 29.2 Å². The van der Waals surface area contributed by atoms with Crippen LogP contribution in [0.25, 0.3) is 10.6 Å². The van der Waals surface area contributed by atoms with E-state index in [1.165, 1.54) is 29.9 Å². The number of halogens is 2. The molecule has 18 heavy (non-hydrogen) atoms. The van der Waals surface area contributed by atoms with Gasteiger partial charge in [0.2, 0.25) is 0 Å². The molecule has 0 atom stereocenters. The van der Waals surface area contributed by atoms with E-state index < -0.39 is 0 Å². The SMILES string of the molecule is Fc1ccc(-c2ncc(CNC3CC3)s2)c(Cl)c1. The minimum Gasteiger partial charge on any atom is -0.309 e. The fourth-order valence-corrected chi connectivity index (χ4v) is 2.92. The Morgan fingerprint density at radius 3 is 3.00 bits per heavy atom. The molecular weight excluding hydrogens is 271 g/mol. The largest absolute Gasteiger partial charge is 0.309 e. The Morgan fingerprint density at radius 1 is 1.44 bits per heavy atom. The fraction of sp³-hybridized carbons (Fsp3) is 0.308. The van der Waals surface area contributed by atoms with Crippen LogP contribution in [0.3, 0.4) is 0 Å². The lowest BCUT2D eigenvalue weighted by Gasteiger charge is -2.00. The average molecular weight is 283 g/mol. The van der Waals surface area contributed by atoms with Crippen LogP contribution in [0.1, 0.15) is 17.7 Å². The lowest BCUT2D eigenvalue weighted by Crippen LogP contribution is -2.14. The zero-order valence-electron chi connectivity index (χ0n) is 9.62. The van der Waals surface area contributed by atoms with Gasteiger partial charge in [0.05, 0.1) is 5.02 Å². The molecule has 0 bridgehead atoms. The van der Waals surface area contributed by atoms with Crippen LogP contribution in [0.5, 0.6) is 0 Å². The standard InChI is InChI=1S/C13H12ClFN2S/c14-12-5-8(15)1-4-11(12)13-17-7-10(18-13)6-16-9-2-3-9/h1,4-5,7,9,16H,2-3,6H2. The molecule has 1 aromatic carbocycles. The summed E-state index contributed by atoms with van der Waals surface area (Å²) in [6, 6.07) is 5.09. The number of benzene rings is 1. The van der Waals surface area contributed by atoms with Crippen LogP contribution in [0.4, 0.5) is 4.39 Å². The van der Waals surface area contributed by atoms with Crippen LogP contribution in [-0.2, 0) is 6.54 Å². The van der Waals surface area contributed by atoms with E-state index in [-0.39, 0.29) is 5.82 Å². The van der Waals surface area contributed by atoms with Crippen LogP contribution >= 0.6 is 22.9 Å². The number of hydrogen-bond acceptors (Lipinski definition) is 3. The Bertz CT molecular complexity index is 566. The third-order valence-electron chi connectivity index (χ3n) is 2.86. The molecule has 3 rings (SSSR count). The molecule has 2 nitrogen and oxygen atoms in total. The number of aromatic nitrogens is 1. The zero-order valence-corrected chi connectivity index (χ0v) is 11.2. The van der Waals surface area contributed by atoms with E-state index in [0.29, 0.717) is 11.1 Å². The molecule has 0 unspecified atom stereocenters. The van der Waals surface area contributed by atoms with Crippen molar-refractivity contribution in [2.75, 3.05) is 0 Å². The molecule has 1 fully saturated rings. The van der Waals surface area contributed by atoms with Crippen molar-refractivity contribution in [1.82, 2.24) is 10.3 Å². The Morgan fingerprint density at radius 2 is 2.28 bits per heavy atom. The second-order valence-electron chi connectivity index (χ2n) is 4.41. The zero-order chi connectivity index (χ0) is 12.5. The van der Waals surface area contributed by atoms with Gasteiger partial charge in [-0.05, 0) is 31.0 Å². The van der Waals surface area contributed by atoms with E-state index in [1.54, 1.807) is 17.4 Å². The molecule has 1 aliphatic carbocycles. The van der Waals surface area contributed by atoms with Gasteiger partial charge < -0.3 is 5.32 Å². The van der Waals surface area contributed by atoms with Crippen molar-refractivity contribution >= 4 is 22.9 Å². The van der Waals surface area contributed by atoms with E-state index in [2.05, 4.69) is 10.3 Å². The summed E-state index contributed by atoms with van der Waals surface area (Å²) in [6.45, 7) is 0.848. The topological polar surface area (TPSA) is 24.9 Å². The Balaban J connectivity index is 1.78. The smallest absolute Gasteiger partial charge is 0.125 e. The van der Waals surface area contributed by atoms with Crippen molar-refractivity contribution in [3.8, 4) is 10.6 Å². The monoisotopic (exact) mass is 282 g/mol. The maximum absolute atomic E-state index is 13.0. The Kier molecular flexibility index (Phi) is 3.33. The molecule has 0 aliphatic heterocycles. The van der Waals surface area contributed by atoms with Gasteiger partial charge in [-0.2, -0.15) is 0 Å². The first-order valence-corrected chi connectivity index (χ1v) is 7.05. The maximum atomic E-state index is 13.0. The summed E-state index contributed by atoms with van der Waals surface area (Å²) in [7, 11) is 0. The first-order chi connectivity index (χ1) is 8.72. The molecule has 2 aromatic rings. The van der Waals surface area contributed by atoms with Gasteiger partial charge in [0.15, 0.2) is 0 Å². The van der Waals surface area contributed by atoms with Gasteiger partial charge in [-0.15, -0.1) is 11.3 Å². The Hall–Kier alpha value is -0.970. The van der Waals surface area contributed by atoms with Gasteiger partial charge in [-0.3, -0.25) is 0 Å². The molecular formula is C13H12ClFN2S. The molecule has 5 heteroatoms. The highest BCUT2D eigenvalue weighted by atomic mass is 35.5. The van der Waals surface area contributed by atoms with Gasteiger partial charge in [-0.1, -0.05) is 11.6 Å². The average Bonchev–Trinajstić information content (AvgIpc) is 3.05. The molecule has 0 radical (unpaired) electrons. The highest BCUT2D eigenvalue weighted by Gasteiger charge is 2.20. The van der Waals surface area contributed by atoms with Crippen LogP contribution in [0.15, 0.2) is 24.4 Å². The van der Waals surface area contributed by atoms with E-state index in [9.17, 15) is 4.39 Å². The number of nitrogens with one attached hydrogen (secondary N) is 1. The molecule has 1 heterocycles. The molecule has 1 saturated carbocycles. The third kappa shape index (κ3) is 2.71. The Labute approximate surface area is 114 Å². The summed E-state index contributed by atoms with van der Waals surface area (Å²) in [5.41, 5.74) is 0.792. The quantitative estimate of drug-likeness (QED) is 0.921. The molecule has 0 amide bonds. The first kappa shape index (κ1) is 12.1. The van der Waals surface area contributed by atoms with Crippen LogP contribution in [-0.4, -0.2) is 11.0 Å². The van der Waals surface area contributed by atoms with Gasteiger partial charge in [-0.25, -0.2) is 9.37 Å². The van der Waals surface area contributed by atoms with Crippen LogP contribution in [0, 0.1) is 5.82 Å². The number of nitrogens with zero attached hydrogens (tertiary/aromatic N) is 1. The molecule has 1 aromatic heterocycles. The maximum Gasteiger partial charge on any atom is 0.125 e. The lowest BCUT2D eigenvalue weighted by atomic mass is 10.2. The van der Waals surface area contributed by atoms with Crippen molar-refractivity contribution in [2.24, 2.45) is 0 Å². The third-order valence-corrected chi connectivity index (χ3v) is 4.20. The van der Waals surface area contributed by atoms with E-state index in [0.717, 1.165) is 17.1 Å². The lowest BCUT2D eigenvalue weighted by molar-refractivity contribution is 0.628. The summed E-state index contributed by atoms with van der Waals surface area (Å²) < 4.78 is 13.0. The van der Waals surface area contributed by atoms with Crippen molar-refractivity contribution in [3.63, 3.8) is 0 Å². The number of hydrogen-bond donors (Lipinski definition) is 1. The van der Waals surface area contributed by atoms with Gasteiger partial charge in [0.1, 0.15) is 10.8 Å². The minimum absolute atomic E-state index is 0.323. The fourth-order valence-electron chi connectivity index (χ4n) is 1.71. The molecule has 94 valence electrons. The van der Waals surface area contributed by atoms with Crippen LogP contribution < -0.4 is 5.32 Å². The number of rotatable bonds is 4. The summed E-state index contributed by atoms with van der Waals surface area (Å²) in [6.07, 6.45) is 4.40. The van der Waals surface area contributed by atoms with E-state index in [1.807, 2.05) is 6.20 Å². The summed E-state index contributed by atoms with van der Waals surface area (Å²) in [4.78, 5) is 5.52. The highest BCUT2D eigenvalue weighted by molar-refractivity contribution is 7.15. The minimum atomic E-state index is -0.323. The van der Waals surface area contributed by atoms with Crippen molar-refractivity contribution in [1.29, 1.82) is 0 Å². The van der Waals surface area contributed by atoms with Crippen molar-refractivity contribution in [3.05, 3.63) is 40.1 Å². The summed E-state index contributed by atoms with van der Waals surface area (Å²) in [5.74, 6) is -0.323. The van der Waals surface area contributed by atoms with Crippen molar-refractivity contribution in [2.45, 2.75) is 25.4 Å². The molecule has 0 saturated heterocycles. The predicted octanol–water partition coefficient (Wildman–Crippen LogP) is 3.85. The summed E-state index contributed by atoms with van der Waals surface area (Å²) in [5, 5.41) is 4.69. The second-order valence-corrected chi connectivity index (χ2v) is 5.93. The van der Waals surface area contributed by atoms with Crippen LogP contribution in [0.2, 0.25) is 5.02 Å². The van der Waals surface area contributed by atoms with E-state index >= 15 is 0 Å². The number of thiazole rings is 1. The molecule has 1 N–H and O–H groups in total. The van der Waals surface area contributed by atoms with Gasteiger partial charge in [0.25, 0.3) is 0 Å². The second kappa shape index (κ2) is 4.96. The predicted molar refractivity (Wildman–Crippen MR) is 72.4 cm³/mol. The van der Waals surface area contributed by atoms with Gasteiger partial charge >= 0.3 is 0 Å². The molecule has 1 aliphatic rings. The van der Waals surface area contributed by atoms with Crippen molar-refractivity contribution < 1.29 is 4.39 Å². The summed E-state index contributed by atoms with van der Waals surface area (Å²) >= 11 is 7.62. The highest BCUT2D eigenvalue weighted by Crippen LogP contribution is 2.32. The van der Waals surface area contributed by atoms with E-state index in [4.69, 9.17) is 11.6 Å². The normalized spacial score (nSPS) is 15.0. The first-order valence-electron chi connectivity index (χ1n) is 5.86.